The second-order valence-electron chi connectivity index (χ2n) is 19.5. The van der Waals surface area contributed by atoms with Crippen molar-refractivity contribution < 1.29 is 65.8 Å². The van der Waals surface area contributed by atoms with E-state index in [1.165, 1.54) is 142 Å². The van der Waals surface area contributed by atoms with Gasteiger partial charge in [0.2, 0.25) is 0 Å². The average molecular weight is 984 g/mol. The summed E-state index contributed by atoms with van der Waals surface area (Å²) in [6.45, 7) is 22.6. The number of unbranched alkanes of at least 4 members (excludes halogenated alkanes) is 18. The Bertz CT molecular complexity index is 867. The van der Waals surface area contributed by atoms with Crippen LogP contribution in [0.25, 0.3) is 0 Å². The molecule has 0 unspecified atom stereocenters. The van der Waals surface area contributed by atoms with Crippen LogP contribution in [0.15, 0.2) is 0 Å². The average Bonchev–Trinajstić information content (AvgIpc) is 3.32. The molecule has 0 atom stereocenters. The molecule has 0 rings (SSSR count). The minimum atomic E-state index is 0.518. The van der Waals surface area contributed by atoms with Crippen LogP contribution in [0.3, 0.4) is 0 Å². The van der Waals surface area contributed by atoms with Gasteiger partial charge in [0.25, 0.3) is 0 Å². The zero-order chi connectivity index (χ0) is 49.4. The monoisotopic (exact) mass is 983 g/mol. The quantitative estimate of drug-likeness (QED) is 0.0428. The molecule has 0 amide bonds. The van der Waals surface area contributed by atoms with Crippen molar-refractivity contribution in [2.45, 2.75) is 142 Å². The number of quaternary nitrogens is 2. The number of ether oxygens (including phenoxy) is 12. The Morgan fingerprint density at radius 1 is 0.176 bits per heavy atom. The molecule has 0 aromatic heterocycles. The first-order valence-electron chi connectivity index (χ1n) is 27.9. The Hall–Kier alpha value is -0.560. The summed E-state index contributed by atoms with van der Waals surface area (Å²) in [4.78, 5) is 0. The molecule has 0 heterocycles. The van der Waals surface area contributed by atoms with Gasteiger partial charge in [-0.3, -0.25) is 0 Å². The summed E-state index contributed by atoms with van der Waals surface area (Å²) in [6.07, 6.45) is 27.7. The fourth-order valence-electron chi connectivity index (χ4n) is 7.42. The summed E-state index contributed by atoms with van der Waals surface area (Å²) in [7, 11) is 9.24. The molecule has 0 aromatic carbocycles. The second-order valence-corrected chi connectivity index (χ2v) is 19.5. The van der Waals surface area contributed by atoms with Crippen LogP contribution in [0.1, 0.15) is 142 Å². The molecule has 68 heavy (non-hydrogen) atoms. The number of hydrogen-bond acceptors (Lipinski definition) is 12. The van der Waals surface area contributed by atoms with Gasteiger partial charge in [-0.25, -0.2) is 0 Å². The van der Waals surface area contributed by atoms with E-state index in [0.717, 1.165) is 35.3 Å². The van der Waals surface area contributed by atoms with Gasteiger partial charge >= 0.3 is 0 Å². The molecular formula is C54H114N2O12+2. The lowest BCUT2D eigenvalue weighted by molar-refractivity contribution is -0.891. The van der Waals surface area contributed by atoms with Gasteiger partial charge in [-0.1, -0.05) is 117 Å². The summed E-state index contributed by atoms with van der Waals surface area (Å²) >= 11 is 0. The Kier molecular flexibility index (Phi) is 55.3. The van der Waals surface area contributed by atoms with E-state index in [1.807, 2.05) is 0 Å². The second kappa shape index (κ2) is 55.7. The topological polar surface area (TPSA) is 111 Å². The van der Waals surface area contributed by atoms with Gasteiger partial charge in [0, 0.05) is 0 Å². The molecule has 0 saturated heterocycles. The maximum Gasteiger partial charge on any atom is 0.102 e. The van der Waals surface area contributed by atoms with Crippen molar-refractivity contribution in [3.63, 3.8) is 0 Å². The van der Waals surface area contributed by atoms with E-state index in [2.05, 4.69) is 42.0 Å². The highest BCUT2D eigenvalue weighted by Gasteiger charge is 2.15. The van der Waals surface area contributed by atoms with E-state index < -0.39 is 0 Å². The molecule has 0 aliphatic carbocycles. The molecule has 0 radical (unpaired) electrons. The van der Waals surface area contributed by atoms with E-state index in [4.69, 9.17) is 56.8 Å². The zero-order valence-corrected chi connectivity index (χ0v) is 45.7. The molecule has 0 aromatic rings. The highest BCUT2D eigenvalue weighted by atomic mass is 16.6. The van der Waals surface area contributed by atoms with Crippen molar-refractivity contribution in [2.24, 2.45) is 0 Å². The predicted molar refractivity (Wildman–Crippen MR) is 277 cm³/mol. The minimum absolute atomic E-state index is 0.518. The van der Waals surface area contributed by atoms with Gasteiger partial charge < -0.3 is 65.8 Å². The molecule has 0 saturated carbocycles. The van der Waals surface area contributed by atoms with Gasteiger partial charge in [-0.05, 0) is 25.7 Å². The normalized spacial score (nSPS) is 12.3. The minimum Gasteiger partial charge on any atom is -0.377 e. The molecule has 0 aliphatic heterocycles. The lowest BCUT2D eigenvalue weighted by Gasteiger charge is -2.29. The van der Waals surface area contributed by atoms with E-state index in [0.29, 0.717) is 145 Å². The van der Waals surface area contributed by atoms with E-state index in [-0.39, 0.29) is 0 Å². The first-order chi connectivity index (χ1) is 33.3. The number of nitrogens with zero attached hydrogens (tertiary/aromatic N) is 2. The van der Waals surface area contributed by atoms with Crippen molar-refractivity contribution >= 4 is 0 Å². The largest absolute Gasteiger partial charge is 0.377 e. The Labute approximate surface area is 419 Å². The third kappa shape index (κ3) is 58.0. The Morgan fingerprint density at radius 2 is 0.324 bits per heavy atom. The van der Waals surface area contributed by atoms with Gasteiger partial charge in [0.05, 0.1) is 200 Å². The number of rotatable bonds is 61. The molecule has 14 nitrogen and oxygen atoms in total. The summed E-state index contributed by atoms with van der Waals surface area (Å²) in [5, 5.41) is 0. The molecular weight excluding hydrogens is 869 g/mol. The highest BCUT2D eigenvalue weighted by Crippen LogP contribution is 2.13. The Balaban J connectivity index is 3.22. The van der Waals surface area contributed by atoms with Crippen molar-refractivity contribution in [1.29, 1.82) is 0 Å². The maximum atomic E-state index is 5.81. The van der Waals surface area contributed by atoms with Crippen molar-refractivity contribution in [1.82, 2.24) is 0 Å². The first-order valence-corrected chi connectivity index (χ1v) is 27.9. The van der Waals surface area contributed by atoms with Gasteiger partial charge in [0.1, 0.15) is 13.1 Å². The van der Waals surface area contributed by atoms with Crippen LogP contribution in [0.4, 0.5) is 0 Å². The van der Waals surface area contributed by atoms with Crippen LogP contribution in [-0.4, -0.2) is 222 Å². The molecule has 0 bridgehead atoms. The lowest BCUT2D eigenvalue weighted by Crippen LogP contribution is -2.43. The maximum absolute atomic E-state index is 5.81. The van der Waals surface area contributed by atoms with E-state index >= 15 is 0 Å². The third-order valence-corrected chi connectivity index (χ3v) is 12.0. The van der Waals surface area contributed by atoms with Crippen molar-refractivity contribution in [2.75, 3.05) is 213 Å². The summed E-state index contributed by atoms with van der Waals surface area (Å²) in [5.74, 6) is 0. The fourth-order valence-corrected chi connectivity index (χ4v) is 7.42. The molecule has 0 spiro atoms. The predicted octanol–water partition coefficient (Wildman–Crippen LogP) is 9.18. The SMILES string of the molecule is CCCCCCCCCCCC[N+](C)(C)CCOCCOCCOCCOCCOCCOCCOCCOCCOCCOCCOCCOCC[N+](C)(C)CCCCCCCCCCCC. The molecule has 0 N–H and O–H groups in total. The van der Waals surface area contributed by atoms with Crippen molar-refractivity contribution in [3.8, 4) is 0 Å². The zero-order valence-electron chi connectivity index (χ0n) is 45.7. The van der Waals surface area contributed by atoms with Gasteiger partial charge in [-0.15, -0.1) is 0 Å². The Morgan fingerprint density at radius 3 is 0.500 bits per heavy atom. The van der Waals surface area contributed by atoms with Crippen LogP contribution in [0, 0.1) is 0 Å². The first kappa shape index (κ1) is 67.4. The summed E-state index contributed by atoms with van der Waals surface area (Å²) < 4.78 is 69.5. The highest BCUT2D eigenvalue weighted by molar-refractivity contribution is 4.50. The van der Waals surface area contributed by atoms with E-state index in [1.54, 1.807) is 0 Å². The summed E-state index contributed by atoms with van der Waals surface area (Å²) in [5.41, 5.74) is 0. The van der Waals surface area contributed by atoms with Crippen molar-refractivity contribution in [3.05, 3.63) is 0 Å². The third-order valence-electron chi connectivity index (χ3n) is 12.0. The molecule has 14 heteroatoms. The smallest absolute Gasteiger partial charge is 0.102 e. The number of hydrogen-bond donors (Lipinski definition) is 0. The molecule has 410 valence electrons. The van der Waals surface area contributed by atoms with Crippen LogP contribution in [-0.2, 0) is 56.8 Å². The standard InChI is InChI=1S/C54H114N2O12/c1-7-9-11-13-15-17-19-21-23-25-27-55(3,4)29-31-57-33-35-59-37-39-61-41-43-63-45-47-65-49-51-67-53-54-68-52-50-66-48-46-64-44-42-62-40-38-60-36-34-58-32-30-56(5,6)28-26-24-22-20-18-16-14-12-10-8-2/h7-54H2,1-6H3/q+2. The van der Waals surface area contributed by atoms with Crippen LogP contribution in [0.2, 0.25) is 0 Å². The molecule has 0 aliphatic rings. The van der Waals surface area contributed by atoms with Crippen LogP contribution < -0.4 is 0 Å². The van der Waals surface area contributed by atoms with Gasteiger partial charge in [-0.2, -0.15) is 0 Å². The van der Waals surface area contributed by atoms with Gasteiger partial charge in [0.15, 0.2) is 0 Å². The lowest BCUT2D eigenvalue weighted by atomic mass is 10.1. The van der Waals surface area contributed by atoms with E-state index in [9.17, 15) is 0 Å². The number of likely N-dealkylation sites (N-methyl/N-ethyl adjacent to an activating group) is 2. The van der Waals surface area contributed by atoms with Crippen LogP contribution in [0.5, 0.6) is 0 Å². The molecule has 0 fully saturated rings. The summed E-state index contributed by atoms with van der Waals surface area (Å²) in [6, 6.07) is 0. The fraction of sp³-hybridized carbons (Fsp3) is 1.00. The van der Waals surface area contributed by atoms with Crippen LogP contribution >= 0.6 is 0 Å².